The molecule has 0 unspecified atom stereocenters. The molecular weight excluding hydrogens is 334 g/mol. The lowest BCUT2D eigenvalue weighted by molar-refractivity contribution is -0.117. The van der Waals surface area contributed by atoms with Crippen LogP contribution in [0.4, 0.5) is 5.69 Å². The van der Waals surface area contributed by atoms with Crippen LogP contribution in [0.2, 0.25) is 0 Å². The minimum absolute atomic E-state index is 0.257. The van der Waals surface area contributed by atoms with Crippen LogP contribution in [0.3, 0.4) is 0 Å². The molecule has 2 aromatic rings. The maximum Gasteiger partial charge on any atom is 0.160 e. The molecule has 27 heavy (non-hydrogen) atoms. The number of hydrogen-bond acceptors (Lipinski definition) is 3. The van der Waals surface area contributed by atoms with E-state index in [4.69, 9.17) is 4.74 Å². The average molecular weight is 364 g/mol. The molecule has 0 saturated heterocycles. The van der Waals surface area contributed by atoms with E-state index >= 15 is 0 Å². The van der Waals surface area contributed by atoms with Crippen molar-refractivity contribution >= 4 is 11.5 Å². The van der Waals surface area contributed by atoms with Crippen molar-refractivity contribution in [3.8, 4) is 11.5 Å². The van der Waals surface area contributed by atoms with Gasteiger partial charge in [-0.3, -0.25) is 4.79 Å². The van der Waals surface area contributed by atoms with Gasteiger partial charge in [-0.15, -0.1) is 0 Å². The van der Waals surface area contributed by atoms with Crippen LogP contribution in [0.25, 0.3) is 0 Å². The van der Waals surface area contributed by atoms with Gasteiger partial charge in [0, 0.05) is 18.2 Å². The van der Waals surface area contributed by atoms with Crippen molar-refractivity contribution in [1.29, 1.82) is 0 Å². The number of Topliss-reactive ketones (excluding diaryl/α,β-unsaturated/α-hetero) is 1. The largest absolute Gasteiger partial charge is 0.455 e. The van der Waals surface area contributed by atoms with Crippen LogP contribution in [0.1, 0.15) is 46.5 Å². The molecule has 142 valence electrons. The second kappa shape index (κ2) is 8.43. The first-order valence-electron chi connectivity index (χ1n) is 9.80. The van der Waals surface area contributed by atoms with E-state index in [9.17, 15) is 4.79 Å². The minimum atomic E-state index is 0.257. The van der Waals surface area contributed by atoms with Crippen molar-refractivity contribution in [2.45, 2.75) is 46.5 Å². The van der Waals surface area contributed by atoms with Gasteiger partial charge in [0.2, 0.25) is 0 Å². The van der Waals surface area contributed by atoms with Gasteiger partial charge in [0.05, 0.1) is 5.69 Å². The molecule has 0 amide bonds. The van der Waals surface area contributed by atoms with E-state index in [1.54, 1.807) is 0 Å². The monoisotopic (exact) mass is 363 g/mol. The zero-order valence-corrected chi connectivity index (χ0v) is 16.5. The second-order valence-electron chi connectivity index (χ2n) is 7.93. The van der Waals surface area contributed by atoms with Crippen LogP contribution in [-0.2, 0) is 4.79 Å². The van der Waals surface area contributed by atoms with E-state index in [0.717, 1.165) is 42.0 Å². The third-order valence-electron chi connectivity index (χ3n) is 5.82. The molecule has 3 rings (SSSR count). The number of hydrogen-bond donors (Lipinski definition) is 1. The average Bonchev–Trinajstić information content (AvgIpc) is 2.69. The molecule has 1 aliphatic rings. The molecule has 3 nitrogen and oxygen atoms in total. The van der Waals surface area contributed by atoms with Crippen LogP contribution < -0.4 is 10.1 Å². The second-order valence-corrected chi connectivity index (χ2v) is 7.93. The van der Waals surface area contributed by atoms with Gasteiger partial charge in [0.1, 0.15) is 5.75 Å². The van der Waals surface area contributed by atoms with Gasteiger partial charge in [0.25, 0.3) is 0 Å². The number of carbonyl (C=O) groups is 1. The number of allylic oxidation sites excluding steroid dienone is 1. The van der Waals surface area contributed by atoms with Crippen LogP contribution in [-0.4, -0.2) is 5.78 Å². The molecular formula is C24H29NO2. The zero-order valence-electron chi connectivity index (χ0n) is 16.5. The van der Waals surface area contributed by atoms with Crippen LogP contribution in [0, 0.1) is 11.3 Å². The molecule has 0 aliphatic heterocycles. The van der Waals surface area contributed by atoms with Gasteiger partial charge in [0.15, 0.2) is 11.5 Å². The fraction of sp³-hybridized carbons (Fsp3) is 0.375. The summed E-state index contributed by atoms with van der Waals surface area (Å²) in [6, 6.07) is 17.5. The summed E-state index contributed by atoms with van der Waals surface area (Å²) in [5.41, 5.74) is 2.01. The minimum Gasteiger partial charge on any atom is -0.455 e. The van der Waals surface area contributed by atoms with E-state index in [0.29, 0.717) is 12.3 Å². The highest BCUT2D eigenvalue weighted by Gasteiger charge is 2.33. The summed E-state index contributed by atoms with van der Waals surface area (Å²) in [5.74, 6) is 2.34. The molecule has 0 radical (unpaired) electrons. The Morgan fingerprint density at radius 2 is 1.81 bits per heavy atom. The quantitative estimate of drug-likeness (QED) is 0.589. The lowest BCUT2D eigenvalue weighted by Crippen LogP contribution is -2.29. The van der Waals surface area contributed by atoms with E-state index in [-0.39, 0.29) is 11.2 Å². The first kappa shape index (κ1) is 19.2. The fourth-order valence-corrected chi connectivity index (χ4v) is 3.50. The number of benzene rings is 2. The van der Waals surface area contributed by atoms with E-state index in [1.165, 1.54) is 0 Å². The highest BCUT2D eigenvalue weighted by molar-refractivity contribution is 5.96. The summed E-state index contributed by atoms with van der Waals surface area (Å²) in [4.78, 5) is 12.4. The van der Waals surface area contributed by atoms with Crippen molar-refractivity contribution in [1.82, 2.24) is 0 Å². The normalized spacial score (nSPS) is 19.1. The maximum atomic E-state index is 12.4. The Morgan fingerprint density at radius 3 is 2.56 bits per heavy atom. The number of ether oxygens (including phenoxy) is 1. The lowest BCUT2D eigenvalue weighted by Gasteiger charge is -2.36. The Kier molecular flexibility index (Phi) is 6.00. The van der Waals surface area contributed by atoms with E-state index < -0.39 is 0 Å². The summed E-state index contributed by atoms with van der Waals surface area (Å²) < 4.78 is 5.99. The highest BCUT2D eigenvalue weighted by atomic mass is 16.5. The molecule has 0 heterocycles. The molecule has 0 spiro atoms. The van der Waals surface area contributed by atoms with Gasteiger partial charge >= 0.3 is 0 Å². The Hall–Kier alpha value is -2.55. The maximum absolute atomic E-state index is 12.4. The van der Waals surface area contributed by atoms with Gasteiger partial charge in [-0.05, 0) is 48.4 Å². The summed E-state index contributed by atoms with van der Waals surface area (Å²) in [5, 5.41) is 3.32. The zero-order chi connectivity index (χ0) is 19.3. The SMILES string of the molecule is CCC(C)(C)[C@H]1CCC(=O)/C(=C/Nc2ccccc2Oc2ccccc2)C1. The molecule has 1 aliphatic carbocycles. The van der Waals surface area contributed by atoms with Crippen molar-refractivity contribution in [3.05, 3.63) is 66.4 Å². The predicted molar refractivity (Wildman–Crippen MR) is 111 cm³/mol. The first-order chi connectivity index (χ1) is 13.0. The van der Waals surface area contributed by atoms with Gasteiger partial charge < -0.3 is 10.1 Å². The molecule has 0 aromatic heterocycles. The molecule has 1 saturated carbocycles. The summed E-state index contributed by atoms with van der Waals surface area (Å²) >= 11 is 0. The number of nitrogens with one attached hydrogen (secondary N) is 1. The van der Waals surface area contributed by atoms with Crippen LogP contribution in [0.15, 0.2) is 66.4 Å². The third-order valence-corrected chi connectivity index (χ3v) is 5.82. The summed E-state index contributed by atoms with van der Waals surface area (Å²) in [6.45, 7) is 6.85. The topological polar surface area (TPSA) is 38.3 Å². The standard InChI is InChI=1S/C24H29NO2/c1-4-24(2,3)19-14-15-22(26)18(16-19)17-25-21-12-8-9-13-23(21)27-20-10-6-5-7-11-20/h5-13,17,19,25H,4,14-16H2,1-3H3/b18-17+/t19-/m0/s1. The Labute approximate surface area is 162 Å². The number of carbonyl (C=O) groups excluding carboxylic acids is 1. The molecule has 0 bridgehead atoms. The summed E-state index contributed by atoms with van der Waals surface area (Å²) in [6.07, 6.45) is 5.48. The molecule has 1 atom stereocenters. The van der Waals surface area contributed by atoms with E-state index in [2.05, 4.69) is 26.1 Å². The summed E-state index contributed by atoms with van der Waals surface area (Å²) in [7, 11) is 0. The number of rotatable bonds is 6. The van der Waals surface area contributed by atoms with Gasteiger partial charge in [-0.25, -0.2) is 0 Å². The predicted octanol–water partition coefficient (Wildman–Crippen LogP) is 6.58. The fourth-order valence-electron chi connectivity index (χ4n) is 3.50. The van der Waals surface area contributed by atoms with Crippen molar-refractivity contribution in [3.63, 3.8) is 0 Å². The first-order valence-corrected chi connectivity index (χ1v) is 9.80. The third kappa shape index (κ3) is 4.79. The van der Waals surface area contributed by atoms with E-state index in [1.807, 2.05) is 60.8 Å². The van der Waals surface area contributed by atoms with Crippen LogP contribution >= 0.6 is 0 Å². The molecule has 3 heteroatoms. The number of ketones is 1. The van der Waals surface area contributed by atoms with Gasteiger partial charge in [-0.1, -0.05) is 57.5 Å². The highest BCUT2D eigenvalue weighted by Crippen LogP contribution is 2.41. The van der Waals surface area contributed by atoms with Crippen molar-refractivity contribution in [2.24, 2.45) is 11.3 Å². The molecule has 1 N–H and O–H groups in total. The van der Waals surface area contributed by atoms with Crippen LogP contribution in [0.5, 0.6) is 11.5 Å². The van der Waals surface area contributed by atoms with Gasteiger partial charge in [-0.2, -0.15) is 0 Å². The Balaban J connectivity index is 1.76. The Morgan fingerprint density at radius 1 is 1.11 bits per heavy atom. The van der Waals surface area contributed by atoms with Crippen molar-refractivity contribution < 1.29 is 9.53 Å². The van der Waals surface area contributed by atoms with Crippen molar-refractivity contribution in [2.75, 3.05) is 5.32 Å². The smallest absolute Gasteiger partial charge is 0.160 e. The Bertz CT molecular complexity index is 808. The lowest BCUT2D eigenvalue weighted by atomic mass is 9.68. The number of anilines is 1. The molecule has 1 fully saturated rings. The molecule has 2 aromatic carbocycles. The number of para-hydroxylation sites is 3.